The van der Waals surface area contributed by atoms with Crippen LogP contribution in [-0.2, 0) is 4.74 Å². The molecule has 1 aromatic heterocycles. The molecule has 7 heteroatoms. The number of carbonyl (C=O) groups is 1. The molecule has 1 unspecified atom stereocenters. The van der Waals surface area contributed by atoms with Gasteiger partial charge in [-0.1, -0.05) is 11.6 Å². The van der Waals surface area contributed by atoms with Gasteiger partial charge in [0.25, 0.3) is 0 Å². The normalized spacial score (nSPS) is 18.5. The number of carbonyl (C=O) groups excluding carboxylic acids is 1. The van der Waals surface area contributed by atoms with Gasteiger partial charge in [0.15, 0.2) is 0 Å². The van der Waals surface area contributed by atoms with Gasteiger partial charge in [-0.25, -0.2) is 9.78 Å². The molecule has 23 heavy (non-hydrogen) atoms. The Hall–Kier alpha value is -2.00. The van der Waals surface area contributed by atoms with E-state index in [-0.39, 0.29) is 17.8 Å². The van der Waals surface area contributed by atoms with Crippen LogP contribution in [0.4, 0.5) is 10.5 Å². The number of amides is 1. The van der Waals surface area contributed by atoms with Crippen LogP contribution in [0.5, 0.6) is 0 Å². The lowest BCUT2D eigenvalue weighted by molar-refractivity contribution is 0.0159. The Morgan fingerprint density at radius 3 is 2.70 bits per heavy atom. The maximum atomic E-state index is 12.2. The molecule has 0 radical (unpaired) electrons. The van der Waals surface area contributed by atoms with E-state index in [2.05, 4.69) is 9.88 Å². The van der Waals surface area contributed by atoms with E-state index >= 15 is 0 Å². The number of ether oxygens (including phenoxy) is 1. The van der Waals surface area contributed by atoms with E-state index in [1.54, 1.807) is 17.0 Å². The zero-order chi connectivity index (χ0) is 17.2. The Bertz CT molecular complexity index is 636. The summed E-state index contributed by atoms with van der Waals surface area (Å²) in [5, 5.41) is 9.29. The molecule has 0 aromatic carbocycles. The molecule has 1 aromatic rings. The molecule has 0 N–H and O–H groups in total. The van der Waals surface area contributed by atoms with Crippen molar-refractivity contribution >= 4 is 23.4 Å². The SMILES string of the molecule is CC1CN(c2cc(Cl)nc(C#N)c2)CCN1C(=O)OC(C)(C)C. The lowest BCUT2D eigenvalue weighted by Crippen LogP contribution is -2.55. The van der Waals surface area contributed by atoms with Crippen molar-refractivity contribution in [3.8, 4) is 6.07 Å². The van der Waals surface area contributed by atoms with Crippen molar-refractivity contribution in [2.45, 2.75) is 39.3 Å². The molecule has 6 nitrogen and oxygen atoms in total. The minimum atomic E-state index is -0.506. The molecule has 1 saturated heterocycles. The van der Waals surface area contributed by atoms with Crippen molar-refractivity contribution in [1.29, 1.82) is 5.26 Å². The van der Waals surface area contributed by atoms with Crippen molar-refractivity contribution in [2.24, 2.45) is 0 Å². The largest absolute Gasteiger partial charge is 0.444 e. The molecule has 0 bridgehead atoms. The molecule has 1 aliphatic rings. The van der Waals surface area contributed by atoms with Crippen molar-refractivity contribution in [3.63, 3.8) is 0 Å². The van der Waals surface area contributed by atoms with Crippen molar-refractivity contribution in [2.75, 3.05) is 24.5 Å². The number of aromatic nitrogens is 1. The number of nitriles is 1. The van der Waals surface area contributed by atoms with Crippen molar-refractivity contribution < 1.29 is 9.53 Å². The number of pyridine rings is 1. The summed E-state index contributed by atoms with van der Waals surface area (Å²) in [4.78, 5) is 20.0. The molecule has 0 spiro atoms. The Labute approximate surface area is 141 Å². The predicted octanol–water partition coefficient (Wildman–Crippen LogP) is 3.05. The van der Waals surface area contributed by atoms with Crippen LogP contribution in [0.3, 0.4) is 0 Å². The summed E-state index contributed by atoms with van der Waals surface area (Å²) >= 11 is 5.96. The maximum absolute atomic E-state index is 12.2. The van der Waals surface area contributed by atoms with Crippen LogP contribution in [0.15, 0.2) is 12.1 Å². The smallest absolute Gasteiger partial charge is 0.410 e. The zero-order valence-electron chi connectivity index (χ0n) is 13.8. The molecule has 124 valence electrons. The van der Waals surface area contributed by atoms with E-state index in [0.29, 0.717) is 24.8 Å². The summed E-state index contributed by atoms with van der Waals surface area (Å²) in [7, 11) is 0. The number of hydrogen-bond donors (Lipinski definition) is 0. The molecule has 2 rings (SSSR count). The summed E-state index contributed by atoms with van der Waals surface area (Å²) in [6.45, 7) is 9.39. The fourth-order valence-corrected chi connectivity index (χ4v) is 2.71. The first kappa shape index (κ1) is 17.4. The summed E-state index contributed by atoms with van der Waals surface area (Å²) in [5.41, 5.74) is 0.626. The molecule has 1 amide bonds. The number of nitrogens with zero attached hydrogens (tertiary/aromatic N) is 4. The molecular weight excluding hydrogens is 316 g/mol. The molecule has 2 heterocycles. The molecule has 1 atom stereocenters. The van der Waals surface area contributed by atoms with Gasteiger partial charge in [0, 0.05) is 31.4 Å². The molecular formula is C16H21ClN4O2. The second kappa shape index (κ2) is 6.63. The number of hydrogen-bond acceptors (Lipinski definition) is 5. The first-order chi connectivity index (χ1) is 10.7. The highest BCUT2D eigenvalue weighted by Gasteiger charge is 2.31. The van der Waals surface area contributed by atoms with Crippen LogP contribution in [0.1, 0.15) is 33.4 Å². The van der Waals surface area contributed by atoms with Crippen molar-refractivity contribution in [1.82, 2.24) is 9.88 Å². The lowest BCUT2D eigenvalue weighted by Gasteiger charge is -2.41. The number of rotatable bonds is 1. The Morgan fingerprint density at radius 2 is 2.13 bits per heavy atom. The van der Waals surface area contributed by atoms with Crippen LogP contribution >= 0.6 is 11.6 Å². The summed E-state index contributed by atoms with van der Waals surface area (Å²) in [5.74, 6) is 0. The Kier molecular flexibility index (Phi) is 5.00. The molecule has 1 aliphatic heterocycles. The first-order valence-electron chi connectivity index (χ1n) is 7.52. The van der Waals surface area contributed by atoms with E-state index in [0.717, 1.165) is 5.69 Å². The Balaban J connectivity index is 2.08. The topological polar surface area (TPSA) is 69.5 Å². The van der Waals surface area contributed by atoms with Crippen LogP contribution in [0, 0.1) is 11.3 Å². The van der Waals surface area contributed by atoms with Crippen LogP contribution in [0.25, 0.3) is 0 Å². The second-order valence-corrected chi connectivity index (χ2v) is 7.00. The average molecular weight is 337 g/mol. The van der Waals surface area contributed by atoms with Gasteiger partial charge < -0.3 is 14.5 Å². The maximum Gasteiger partial charge on any atom is 0.410 e. The zero-order valence-corrected chi connectivity index (χ0v) is 14.6. The third kappa shape index (κ3) is 4.49. The van der Waals surface area contributed by atoms with E-state index < -0.39 is 5.60 Å². The van der Waals surface area contributed by atoms with Crippen LogP contribution < -0.4 is 4.90 Å². The minimum absolute atomic E-state index is 0.00363. The van der Waals surface area contributed by atoms with Gasteiger partial charge in [0.1, 0.15) is 22.5 Å². The second-order valence-electron chi connectivity index (χ2n) is 6.61. The van der Waals surface area contributed by atoms with Crippen LogP contribution in [-0.4, -0.2) is 47.3 Å². The molecule has 1 fully saturated rings. The first-order valence-corrected chi connectivity index (χ1v) is 7.89. The van der Waals surface area contributed by atoms with Crippen LogP contribution in [0.2, 0.25) is 5.15 Å². The summed E-state index contributed by atoms with van der Waals surface area (Å²) in [6.07, 6.45) is -0.296. The quantitative estimate of drug-likeness (QED) is 0.737. The van der Waals surface area contributed by atoms with Gasteiger partial charge in [-0.3, -0.25) is 0 Å². The number of anilines is 1. The molecule has 0 aliphatic carbocycles. The van der Waals surface area contributed by atoms with Gasteiger partial charge in [-0.2, -0.15) is 5.26 Å². The highest BCUT2D eigenvalue weighted by atomic mass is 35.5. The van der Waals surface area contributed by atoms with Gasteiger partial charge in [0.2, 0.25) is 0 Å². The highest BCUT2D eigenvalue weighted by Crippen LogP contribution is 2.23. The summed E-state index contributed by atoms with van der Waals surface area (Å²) in [6, 6.07) is 5.45. The van der Waals surface area contributed by atoms with Gasteiger partial charge in [-0.15, -0.1) is 0 Å². The number of halogens is 1. The minimum Gasteiger partial charge on any atom is -0.444 e. The number of piperazine rings is 1. The third-order valence-electron chi connectivity index (χ3n) is 3.51. The standard InChI is InChI=1S/C16H21ClN4O2/c1-11-10-20(13-7-12(9-18)19-14(17)8-13)5-6-21(11)15(22)23-16(2,3)4/h7-8,11H,5-6,10H2,1-4H3. The van der Waals surface area contributed by atoms with E-state index in [9.17, 15) is 4.79 Å². The predicted molar refractivity (Wildman–Crippen MR) is 88.6 cm³/mol. The highest BCUT2D eigenvalue weighted by molar-refractivity contribution is 6.29. The van der Waals surface area contributed by atoms with Gasteiger partial charge in [0.05, 0.1) is 0 Å². The van der Waals surface area contributed by atoms with Gasteiger partial charge >= 0.3 is 6.09 Å². The Morgan fingerprint density at radius 1 is 1.43 bits per heavy atom. The van der Waals surface area contributed by atoms with E-state index in [4.69, 9.17) is 21.6 Å². The monoisotopic (exact) mass is 336 g/mol. The molecule has 0 saturated carbocycles. The van der Waals surface area contributed by atoms with E-state index in [1.165, 1.54) is 0 Å². The van der Waals surface area contributed by atoms with Crippen molar-refractivity contribution in [3.05, 3.63) is 23.0 Å². The third-order valence-corrected chi connectivity index (χ3v) is 3.71. The lowest BCUT2D eigenvalue weighted by atomic mass is 10.1. The fourth-order valence-electron chi connectivity index (χ4n) is 2.51. The van der Waals surface area contributed by atoms with E-state index in [1.807, 2.05) is 33.8 Å². The fraction of sp³-hybridized carbons (Fsp3) is 0.562. The average Bonchev–Trinajstić information content (AvgIpc) is 2.44. The van der Waals surface area contributed by atoms with Gasteiger partial charge in [-0.05, 0) is 39.8 Å². The summed E-state index contributed by atoms with van der Waals surface area (Å²) < 4.78 is 5.44.